The van der Waals surface area contributed by atoms with E-state index in [2.05, 4.69) is 0 Å². The van der Waals surface area contributed by atoms with Gasteiger partial charge in [-0.2, -0.15) is 0 Å². The standard InChI is InChI=1S/C8H15NO2/c1-5-11-8(9(3)4)6-7(2)10/h6H,5H2,1-4H3. The van der Waals surface area contributed by atoms with Crippen LogP contribution in [0.25, 0.3) is 0 Å². The fraction of sp³-hybridized carbons (Fsp3) is 0.625. The van der Waals surface area contributed by atoms with Gasteiger partial charge in [-0.1, -0.05) is 0 Å². The van der Waals surface area contributed by atoms with Crippen molar-refractivity contribution in [2.75, 3.05) is 20.7 Å². The van der Waals surface area contributed by atoms with Crippen LogP contribution in [0.4, 0.5) is 0 Å². The predicted octanol–water partition coefficient (Wildman–Crippen LogP) is 1.01. The molecule has 0 aliphatic carbocycles. The lowest BCUT2D eigenvalue weighted by atomic mass is 10.4. The summed E-state index contributed by atoms with van der Waals surface area (Å²) in [6, 6.07) is 0. The summed E-state index contributed by atoms with van der Waals surface area (Å²) >= 11 is 0. The van der Waals surface area contributed by atoms with Crippen LogP contribution >= 0.6 is 0 Å². The van der Waals surface area contributed by atoms with Gasteiger partial charge in [0.15, 0.2) is 11.7 Å². The molecule has 0 aliphatic rings. The molecule has 0 aromatic rings. The van der Waals surface area contributed by atoms with Gasteiger partial charge in [0.25, 0.3) is 0 Å². The van der Waals surface area contributed by atoms with Crippen LogP contribution in [0.2, 0.25) is 0 Å². The van der Waals surface area contributed by atoms with Gasteiger partial charge in [0.2, 0.25) is 0 Å². The van der Waals surface area contributed by atoms with Gasteiger partial charge < -0.3 is 9.64 Å². The molecule has 0 amide bonds. The van der Waals surface area contributed by atoms with Crippen LogP contribution in [0.3, 0.4) is 0 Å². The minimum absolute atomic E-state index is 0.00199. The Labute approximate surface area is 67.6 Å². The van der Waals surface area contributed by atoms with Crippen molar-refractivity contribution in [2.24, 2.45) is 0 Å². The highest BCUT2D eigenvalue weighted by Crippen LogP contribution is 1.99. The molecule has 11 heavy (non-hydrogen) atoms. The number of allylic oxidation sites excluding steroid dienone is 1. The van der Waals surface area contributed by atoms with Crippen LogP contribution in [-0.4, -0.2) is 31.4 Å². The van der Waals surface area contributed by atoms with Crippen molar-refractivity contribution >= 4 is 5.78 Å². The van der Waals surface area contributed by atoms with Crippen LogP contribution < -0.4 is 0 Å². The fourth-order valence-corrected chi connectivity index (χ4v) is 0.622. The van der Waals surface area contributed by atoms with Crippen molar-refractivity contribution in [1.82, 2.24) is 4.90 Å². The molecule has 3 heteroatoms. The Hall–Kier alpha value is -0.990. The van der Waals surface area contributed by atoms with E-state index in [9.17, 15) is 4.79 Å². The number of nitrogens with zero attached hydrogens (tertiary/aromatic N) is 1. The second-order valence-corrected chi connectivity index (χ2v) is 2.42. The van der Waals surface area contributed by atoms with E-state index < -0.39 is 0 Å². The first-order chi connectivity index (χ1) is 5.07. The second kappa shape index (κ2) is 4.77. The van der Waals surface area contributed by atoms with Crippen molar-refractivity contribution in [2.45, 2.75) is 13.8 Å². The summed E-state index contributed by atoms with van der Waals surface area (Å²) in [5.41, 5.74) is 0. The molecule has 0 bridgehead atoms. The van der Waals surface area contributed by atoms with Gasteiger partial charge in [-0.05, 0) is 13.8 Å². The molecular weight excluding hydrogens is 142 g/mol. The van der Waals surface area contributed by atoms with E-state index in [1.807, 2.05) is 21.0 Å². The number of hydrogen-bond donors (Lipinski definition) is 0. The number of carbonyl (C=O) groups is 1. The topological polar surface area (TPSA) is 29.5 Å². The zero-order chi connectivity index (χ0) is 8.85. The molecule has 0 radical (unpaired) electrons. The van der Waals surface area contributed by atoms with E-state index in [4.69, 9.17) is 4.74 Å². The first-order valence-electron chi connectivity index (χ1n) is 3.60. The number of ether oxygens (including phenoxy) is 1. The van der Waals surface area contributed by atoms with Gasteiger partial charge in [-0.25, -0.2) is 0 Å². The van der Waals surface area contributed by atoms with Gasteiger partial charge >= 0.3 is 0 Å². The molecule has 0 aliphatic heterocycles. The van der Waals surface area contributed by atoms with Crippen LogP contribution in [0.5, 0.6) is 0 Å². The molecule has 0 saturated heterocycles. The number of hydrogen-bond acceptors (Lipinski definition) is 3. The van der Waals surface area contributed by atoms with Crippen molar-refractivity contribution in [1.29, 1.82) is 0 Å². The Balaban J connectivity index is 4.20. The summed E-state index contributed by atoms with van der Waals surface area (Å²) < 4.78 is 5.18. The third-order valence-electron chi connectivity index (χ3n) is 1.06. The lowest BCUT2D eigenvalue weighted by Gasteiger charge is -2.16. The van der Waals surface area contributed by atoms with E-state index in [1.54, 1.807) is 4.90 Å². The van der Waals surface area contributed by atoms with E-state index in [0.29, 0.717) is 12.5 Å². The number of ketones is 1. The molecule has 0 atom stereocenters. The van der Waals surface area contributed by atoms with Crippen LogP contribution in [0.1, 0.15) is 13.8 Å². The van der Waals surface area contributed by atoms with Gasteiger partial charge in [-0.3, -0.25) is 4.79 Å². The van der Waals surface area contributed by atoms with E-state index in [0.717, 1.165) is 0 Å². The average Bonchev–Trinajstić information content (AvgIpc) is 1.86. The number of rotatable bonds is 4. The van der Waals surface area contributed by atoms with Gasteiger partial charge in [0.1, 0.15) is 0 Å². The Morgan fingerprint density at radius 2 is 2.09 bits per heavy atom. The molecule has 0 saturated carbocycles. The maximum absolute atomic E-state index is 10.7. The van der Waals surface area contributed by atoms with E-state index >= 15 is 0 Å². The Morgan fingerprint density at radius 3 is 2.36 bits per heavy atom. The third kappa shape index (κ3) is 4.42. The Morgan fingerprint density at radius 1 is 1.55 bits per heavy atom. The van der Waals surface area contributed by atoms with Crippen LogP contribution in [0, 0.1) is 0 Å². The van der Waals surface area contributed by atoms with Crippen molar-refractivity contribution < 1.29 is 9.53 Å². The first kappa shape index (κ1) is 10.0. The monoisotopic (exact) mass is 157 g/mol. The highest BCUT2D eigenvalue weighted by molar-refractivity contribution is 5.87. The Kier molecular flexibility index (Phi) is 4.34. The molecular formula is C8H15NO2. The summed E-state index contributed by atoms with van der Waals surface area (Å²) in [6.45, 7) is 3.97. The highest BCUT2D eigenvalue weighted by atomic mass is 16.5. The third-order valence-corrected chi connectivity index (χ3v) is 1.06. The minimum atomic E-state index is 0.00199. The lowest BCUT2D eigenvalue weighted by Crippen LogP contribution is -2.15. The van der Waals surface area contributed by atoms with Crippen molar-refractivity contribution in [3.63, 3.8) is 0 Å². The second-order valence-electron chi connectivity index (χ2n) is 2.42. The van der Waals surface area contributed by atoms with E-state index in [1.165, 1.54) is 13.0 Å². The summed E-state index contributed by atoms with van der Waals surface area (Å²) in [5, 5.41) is 0. The molecule has 0 unspecified atom stereocenters. The minimum Gasteiger partial charge on any atom is -0.479 e. The zero-order valence-corrected chi connectivity index (χ0v) is 7.55. The quantitative estimate of drug-likeness (QED) is 0.450. The van der Waals surface area contributed by atoms with Crippen molar-refractivity contribution in [3.8, 4) is 0 Å². The predicted molar refractivity (Wildman–Crippen MR) is 44.1 cm³/mol. The van der Waals surface area contributed by atoms with Crippen molar-refractivity contribution in [3.05, 3.63) is 12.0 Å². The number of carbonyl (C=O) groups excluding carboxylic acids is 1. The maximum Gasteiger partial charge on any atom is 0.192 e. The summed E-state index contributed by atoms with van der Waals surface area (Å²) in [6.07, 6.45) is 1.48. The largest absolute Gasteiger partial charge is 0.479 e. The molecule has 64 valence electrons. The molecule has 0 aromatic heterocycles. The van der Waals surface area contributed by atoms with Crippen LogP contribution in [-0.2, 0) is 9.53 Å². The Bertz CT molecular complexity index is 161. The molecule has 0 N–H and O–H groups in total. The normalized spacial score (nSPS) is 11.1. The molecule has 0 heterocycles. The first-order valence-corrected chi connectivity index (χ1v) is 3.60. The molecule has 3 nitrogen and oxygen atoms in total. The maximum atomic E-state index is 10.7. The zero-order valence-electron chi connectivity index (χ0n) is 7.55. The smallest absolute Gasteiger partial charge is 0.192 e. The van der Waals surface area contributed by atoms with Gasteiger partial charge in [0, 0.05) is 20.2 Å². The highest BCUT2D eigenvalue weighted by Gasteiger charge is 2.00. The molecule has 0 aromatic carbocycles. The molecule has 0 fully saturated rings. The summed E-state index contributed by atoms with van der Waals surface area (Å²) in [5.74, 6) is 0.613. The van der Waals surface area contributed by atoms with Gasteiger partial charge in [0.05, 0.1) is 6.61 Å². The van der Waals surface area contributed by atoms with E-state index in [-0.39, 0.29) is 5.78 Å². The summed E-state index contributed by atoms with van der Waals surface area (Å²) in [4.78, 5) is 12.4. The molecule has 0 spiro atoms. The lowest BCUT2D eigenvalue weighted by molar-refractivity contribution is -0.113. The average molecular weight is 157 g/mol. The summed E-state index contributed by atoms with van der Waals surface area (Å²) in [7, 11) is 3.68. The molecule has 0 rings (SSSR count). The van der Waals surface area contributed by atoms with Gasteiger partial charge in [-0.15, -0.1) is 0 Å². The SMILES string of the molecule is CCOC(=CC(C)=O)N(C)C. The van der Waals surface area contributed by atoms with Crippen LogP contribution in [0.15, 0.2) is 12.0 Å². The fourth-order valence-electron chi connectivity index (χ4n) is 0.622.